The molecule has 0 fully saturated rings. The molecule has 0 radical (unpaired) electrons. The van der Waals surface area contributed by atoms with Gasteiger partial charge < -0.3 is 11.5 Å². The summed E-state index contributed by atoms with van der Waals surface area (Å²) in [6.07, 6.45) is 3.71. The van der Waals surface area contributed by atoms with Crippen molar-refractivity contribution in [3.05, 3.63) is 29.9 Å². The highest BCUT2D eigenvalue weighted by molar-refractivity contribution is 5.93. The number of hydrogen-bond acceptors (Lipinski definition) is 5. The molecule has 0 aliphatic rings. The molecule has 0 atom stereocenters. The first-order chi connectivity index (χ1) is 7.65. The van der Waals surface area contributed by atoms with Gasteiger partial charge in [0.05, 0.1) is 0 Å². The van der Waals surface area contributed by atoms with Crippen LogP contribution in [-0.2, 0) is 0 Å². The van der Waals surface area contributed by atoms with Crippen molar-refractivity contribution in [2.75, 3.05) is 0 Å². The molecular formula is C10H12N6. The second kappa shape index (κ2) is 5.46. The van der Waals surface area contributed by atoms with Crippen LogP contribution < -0.4 is 11.5 Å². The van der Waals surface area contributed by atoms with E-state index in [1.807, 2.05) is 13.0 Å². The van der Waals surface area contributed by atoms with Gasteiger partial charge in [0, 0.05) is 18.0 Å². The lowest BCUT2D eigenvalue weighted by Crippen LogP contribution is -2.11. The van der Waals surface area contributed by atoms with Gasteiger partial charge in [-0.3, -0.25) is 0 Å². The Kier molecular flexibility index (Phi) is 3.98. The summed E-state index contributed by atoms with van der Waals surface area (Å²) >= 11 is 0. The molecule has 0 aromatic carbocycles. The first-order valence-electron chi connectivity index (χ1n) is 4.69. The normalized spacial score (nSPS) is 12.2. The summed E-state index contributed by atoms with van der Waals surface area (Å²) in [4.78, 5) is 11.6. The van der Waals surface area contributed by atoms with Gasteiger partial charge in [-0.1, -0.05) is 6.92 Å². The van der Waals surface area contributed by atoms with E-state index >= 15 is 0 Å². The van der Waals surface area contributed by atoms with Crippen LogP contribution in [0.15, 0.2) is 29.0 Å². The summed E-state index contributed by atoms with van der Waals surface area (Å²) in [5.41, 5.74) is 11.9. The SMILES string of the molecule is CC/C(N)=C/C(N)=Nc1ccnc(C#N)n1. The molecule has 0 amide bonds. The minimum Gasteiger partial charge on any atom is -0.402 e. The van der Waals surface area contributed by atoms with Gasteiger partial charge in [-0.05, 0) is 12.5 Å². The van der Waals surface area contributed by atoms with Crippen LogP contribution >= 0.6 is 0 Å². The van der Waals surface area contributed by atoms with Crippen LogP contribution in [0.5, 0.6) is 0 Å². The van der Waals surface area contributed by atoms with Crippen LogP contribution in [0.3, 0.4) is 0 Å². The lowest BCUT2D eigenvalue weighted by atomic mass is 10.3. The van der Waals surface area contributed by atoms with Gasteiger partial charge >= 0.3 is 0 Å². The average Bonchev–Trinajstić information content (AvgIpc) is 2.28. The van der Waals surface area contributed by atoms with Crippen LogP contribution in [0.2, 0.25) is 0 Å². The molecule has 6 heteroatoms. The van der Waals surface area contributed by atoms with E-state index in [0.717, 1.165) is 0 Å². The van der Waals surface area contributed by atoms with Crippen molar-refractivity contribution in [3.63, 3.8) is 0 Å². The topological polar surface area (TPSA) is 114 Å². The highest BCUT2D eigenvalue weighted by atomic mass is 15.0. The molecule has 1 aromatic heterocycles. The standard InChI is InChI=1S/C10H12N6/c1-2-7(12)5-8(13)15-9-3-4-14-10(6-11)16-9/h3-5H,2,12H2,1H3,(H2,13,14,15,16)/b7-5-. The Labute approximate surface area is 93.3 Å². The number of allylic oxidation sites excluding steroid dienone is 1. The molecule has 0 saturated heterocycles. The van der Waals surface area contributed by atoms with Crippen molar-refractivity contribution in [2.24, 2.45) is 16.5 Å². The minimum absolute atomic E-state index is 0.0569. The number of amidine groups is 1. The zero-order valence-corrected chi connectivity index (χ0v) is 8.88. The molecule has 1 aromatic rings. The Morgan fingerprint density at radius 3 is 3.00 bits per heavy atom. The fourth-order valence-electron chi connectivity index (χ4n) is 0.922. The molecule has 0 bridgehead atoms. The summed E-state index contributed by atoms with van der Waals surface area (Å²) in [6, 6.07) is 3.38. The lowest BCUT2D eigenvalue weighted by molar-refractivity contribution is 1.07. The Balaban J connectivity index is 2.95. The summed E-state index contributed by atoms with van der Waals surface area (Å²) in [7, 11) is 0. The first-order valence-corrected chi connectivity index (χ1v) is 4.69. The second-order valence-corrected chi connectivity index (χ2v) is 2.96. The summed E-state index contributed by atoms with van der Waals surface area (Å²) in [5.74, 6) is 0.646. The van der Waals surface area contributed by atoms with Gasteiger partial charge in [0.25, 0.3) is 0 Å². The molecule has 0 spiro atoms. The molecule has 0 aliphatic carbocycles. The molecule has 6 nitrogen and oxygen atoms in total. The zero-order valence-electron chi connectivity index (χ0n) is 8.88. The van der Waals surface area contributed by atoms with Gasteiger partial charge in [0.1, 0.15) is 11.9 Å². The summed E-state index contributed by atoms with van der Waals surface area (Å²) < 4.78 is 0. The van der Waals surface area contributed by atoms with E-state index in [0.29, 0.717) is 17.9 Å². The van der Waals surface area contributed by atoms with Gasteiger partial charge in [-0.15, -0.1) is 0 Å². The third-order valence-corrected chi connectivity index (χ3v) is 1.73. The number of aliphatic imine (C=N–C) groups is 1. The van der Waals surface area contributed by atoms with Crippen molar-refractivity contribution < 1.29 is 0 Å². The van der Waals surface area contributed by atoms with Crippen molar-refractivity contribution in [1.82, 2.24) is 9.97 Å². The molecule has 0 saturated carbocycles. The third-order valence-electron chi connectivity index (χ3n) is 1.73. The molecular weight excluding hydrogens is 204 g/mol. The van der Waals surface area contributed by atoms with Crippen molar-refractivity contribution in [3.8, 4) is 6.07 Å². The highest BCUT2D eigenvalue weighted by Gasteiger charge is 1.97. The minimum atomic E-state index is 0.0569. The van der Waals surface area contributed by atoms with Crippen molar-refractivity contribution in [2.45, 2.75) is 13.3 Å². The average molecular weight is 216 g/mol. The van der Waals surface area contributed by atoms with E-state index in [1.165, 1.54) is 6.20 Å². The van der Waals surface area contributed by atoms with E-state index in [9.17, 15) is 0 Å². The van der Waals surface area contributed by atoms with Crippen LogP contribution in [0.4, 0.5) is 5.82 Å². The van der Waals surface area contributed by atoms with E-state index in [4.69, 9.17) is 16.7 Å². The second-order valence-electron chi connectivity index (χ2n) is 2.96. The quantitative estimate of drug-likeness (QED) is 0.567. The number of aromatic nitrogens is 2. The largest absolute Gasteiger partial charge is 0.402 e. The summed E-state index contributed by atoms with van der Waals surface area (Å²) in [5, 5.41) is 8.59. The van der Waals surface area contributed by atoms with Crippen LogP contribution in [-0.4, -0.2) is 15.8 Å². The van der Waals surface area contributed by atoms with Gasteiger partial charge in [0.2, 0.25) is 5.82 Å². The smallest absolute Gasteiger partial charge is 0.234 e. The first kappa shape index (κ1) is 11.7. The predicted octanol–water partition coefficient (Wildman–Crippen LogP) is 0.590. The Morgan fingerprint density at radius 1 is 1.62 bits per heavy atom. The maximum atomic E-state index is 8.59. The Hall–Kier alpha value is -2.42. The van der Waals surface area contributed by atoms with Crippen LogP contribution in [0, 0.1) is 11.3 Å². The monoisotopic (exact) mass is 216 g/mol. The Bertz CT molecular complexity index is 468. The maximum Gasteiger partial charge on any atom is 0.234 e. The molecule has 0 aliphatic heterocycles. The fourth-order valence-corrected chi connectivity index (χ4v) is 0.922. The molecule has 0 unspecified atom stereocenters. The van der Waals surface area contributed by atoms with Gasteiger partial charge in [0.15, 0.2) is 5.82 Å². The number of nitrogens with two attached hydrogens (primary N) is 2. The van der Waals surface area contributed by atoms with Crippen molar-refractivity contribution >= 4 is 11.7 Å². The van der Waals surface area contributed by atoms with Gasteiger partial charge in [-0.2, -0.15) is 10.2 Å². The Morgan fingerprint density at radius 2 is 2.38 bits per heavy atom. The van der Waals surface area contributed by atoms with Crippen LogP contribution in [0.25, 0.3) is 0 Å². The highest BCUT2D eigenvalue weighted by Crippen LogP contribution is 2.06. The molecule has 1 heterocycles. The third kappa shape index (κ3) is 3.38. The molecule has 1 rings (SSSR count). The van der Waals surface area contributed by atoms with Crippen LogP contribution in [0.1, 0.15) is 19.2 Å². The number of hydrogen-bond donors (Lipinski definition) is 2. The fraction of sp³-hybridized carbons (Fsp3) is 0.200. The molecule has 4 N–H and O–H groups in total. The number of nitriles is 1. The lowest BCUT2D eigenvalue weighted by Gasteiger charge is -1.97. The van der Waals surface area contributed by atoms with Gasteiger partial charge in [-0.25, -0.2) is 9.98 Å². The maximum absolute atomic E-state index is 8.59. The zero-order chi connectivity index (χ0) is 12.0. The van der Waals surface area contributed by atoms with E-state index in [1.54, 1.807) is 12.1 Å². The van der Waals surface area contributed by atoms with E-state index < -0.39 is 0 Å². The molecule has 82 valence electrons. The van der Waals surface area contributed by atoms with E-state index in [2.05, 4.69) is 15.0 Å². The number of nitrogens with zero attached hydrogens (tertiary/aromatic N) is 4. The molecule has 16 heavy (non-hydrogen) atoms. The summed E-state index contributed by atoms with van der Waals surface area (Å²) in [6.45, 7) is 1.91. The predicted molar refractivity (Wildman–Crippen MR) is 60.6 cm³/mol. The number of rotatable bonds is 3. The van der Waals surface area contributed by atoms with E-state index in [-0.39, 0.29) is 11.7 Å². The van der Waals surface area contributed by atoms with Crippen molar-refractivity contribution in [1.29, 1.82) is 5.26 Å².